The fraction of sp³-hybridized carbons (Fsp3) is 0.917. The number of urea groups is 1. The summed E-state index contributed by atoms with van der Waals surface area (Å²) in [5, 5.41) is 3.35. The predicted molar refractivity (Wildman–Crippen MR) is 68.1 cm³/mol. The van der Waals surface area contributed by atoms with Gasteiger partial charge in [-0.3, -0.25) is 0 Å². The van der Waals surface area contributed by atoms with Gasteiger partial charge in [-0.2, -0.15) is 0 Å². The van der Waals surface area contributed by atoms with Gasteiger partial charge in [-0.05, 0) is 19.9 Å². The lowest BCUT2D eigenvalue weighted by atomic mass is 10.3. The van der Waals surface area contributed by atoms with Crippen molar-refractivity contribution in [1.82, 2.24) is 20.0 Å². The molecule has 0 radical (unpaired) electrons. The van der Waals surface area contributed by atoms with Crippen LogP contribution in [0.25, 0.3) is 0 Å². The molecule has 1 N–H and O–H groups in total. The van der Waals surface area contributed by atoms with Gasteiger partial charge in [-0.15, -0.1) is 0 Å². The van der Waals surface area contributed by atoms with Gasteiger partial charge in [0.2, 0.25) is 0 Å². The molecule has 1 unspecified atom stereocenters. The average Bonchev–Trinajstić information content (AvgIpc) is 2.59. The van der Waals surface area contributed by atoms with E-state index in [1.54, 1.807) is 0 Å². The highest BCUT2D eigenvalue weighted by Crippen LogP contribution is 2.13. The summed E-state index contributed by atoms with van der Waals surface area (Å²) in [6, 6.07) is 0.555. The fourth-order valence-electron chi connectivity index (χ4n) is 2.54. The minimum absolute atomic E-state index is 0.192. The lowest BCUT2D eigenvalue weighted by Crippen LogP contribution is -2.44. The highest BCUT2D eigenvalue weighted by atomic mass is 16.2. The molecule has 17 heavy (non-hydrogen) atoms. The monoisotopic (exact) mass is 240 g/mol. The van der Waals surface area contributed by atoms with Crippen LogP contribution in [0.3, 0.4) is 0 Å². The highest BCUT2D eigenvalue weighted by Gasteiger charge is 2.30. The number of piperazine rings is 1. The van der Waals surface area contributed by atoms with Crippen molar-refractivity contribution in [1.29, 1.82) is 0 Å². The lowest BCUT2D eigenvalue weighted by Gasteiger charge is -2.27. The predicted octanol–water partition coefficient (Wildman–Crippen LogP) is 0.0376. The fourth-order valence-corrected chi connectivity index (χ4v) is 2.54. The van der Waals surface area contributed by atoms with E-state index in [-0.39, 0.29) is 6.03 Å². The first-order chi connectivity index (χ1) is 8.18. The van der Waals surface area contributed by atoms with Gasteiger partial charge in [0.1, 0.15) is 0 Å². The normalized spacial score (nSPS) is 26.9. The molecular weight excluding hydrogens is 216 g/mol. The Morgan fingerprint density at radius 2 is 2.00 bits per heavy atom. The van der Waals surface area contributed by atoms with Crippen LogP contribution >= 0.6 is 0 Å². The number of hydrogen-bond acceptors (Lipinski definition) is 3. The summed E-state index contributed by atoms with van der Waals surface area (Å²) in [6.07, 6.45) is 1.09. The number of carbonyl (C=O) groups is 1. The second kappa shape index (κ2) is 5.69. The largest absolute Gasteiger partial charge is 0.323 e. The minimum atomic E-state index is 0.192. The van der Waals surface area contributed by atoms with E-state index in [2.05, 4.69) is 17.1 Å². The molecule has 0 spiro atoms. The number of hydrogen-bond donors (Lipinski definition) is 1. The average molecular weight is 240 g/mol. The SMILES string of the molecule is CC1CN(CCCN2CCNCC2)C(=O)N1C. The number of nitrogens with one attached hydrogen (secondary N) is 1. The van der Waals surface area contributed by atoms with Gasteiger partial charge in [-0.1, -0.05) is 0 Å². The summed E-state index contributed by atoms with van der Waals surface area (Å²) in [5.41, 5.74) is 0. The van der Waals surface area contributed by atoms with Crippen LogP contribution in [0.5, 0.6) is 0 Å². The summed E-state index contributed by atoms with van der Waals surface area (Å²) in [6.45, 7) is 9.49. The van der Waals surface area contributed by atoms with Crippen LogP contribution in [0, 0.1) is 0 Å². The molecule has 0 aromatic heterocycles. The quantitative estimate of drug-likeness (QED) is 0.754. The van der Waals surface area contributed by atoms with Gasteiger partial charge in [0.15, 0.2) is 0 Å². The van der Waals surface area contributed by atoms with Crippen molar-refractivity contribution >= 4 is 6.03 Å². The molecule has 2 aliphatic heterocycles. The number of carbonyl (C=O) groups excluding carboxylic acids is 1. The molecule has 2 saturated heterocycles. The lowest BCUT2D eigenvalue weighted by molar-refractivity contribution is 0.190. The van der Waals surface area contributed by atoms with Crippen molar-refractivity contribution in [2.24, 2.45) is 0 Å². The van der Waals surface area contributed by atoms with Crippen LogP contribution in [0.2, 0.25) is 0 Å². The third-order valence-corrected chi connectivity index (χ3v) is 3.83. The van der Waals surface area contributed by atoms with Gasteiger partial charge >= 0.3 is 6.03 Å². The van der Waals surface area contributed by atoms with Crippen LogP contribution in [0.1, 0.15) is 13.3 Å². The second-order valence-electron chi connectivity index (χ2n) is 5.13. The molecule has 0 aliphatic carbocycles. The van der Waals surface area contributed by atoms with Crippen molar-refractivity contribution in [2.75, 3.05) is 52.9 Å². The summed E-state index contributed by atoms with van der Waals surface area (Å²) in [7, 11) is 1.89. The molecule has 0 aromatic carbocycles. The molecule has 2 heterocycles. The molecule has 2 rings (SSSR count). The number of rotatable bonds is 4. The Morgan fingerprint density at radius 1 is 1.29 bits per heavy atom. The van der Waals surface area contributed by atoms with Gasteiger partial charge in [0, 0.05) is 52.4 Å². The van der Waals surface area contributed by atoms with Crippen molar-refractivity contribution in [3.8, 4) is 0 Å². The maximum Gasteiger partial charge on any atom is 0.320 e. The number of nitrogens with zero attached hydrogens (tertiary/aromatic N) is 3. The van der Waals surface area contributed by atoms with E-state index in [1.807, 2.05) is 16.8 Å². The summed E-state index contributed by atoms with van der Waals surface area (Å²) < 4.78 is 0. The zero-order valence-corrected chi connectivity index (χ0v) is 11.0. The Hall–Kier alpha value is -0.810. The van der Waals surface area contributed by atoms with Crippen molar-refractivity contribution < 1.29 is 4.79 Å². The van der Waals surface area contributed by atoms with E-state index in [0.717, 1.165) is 52.2 Å². The van der Waals surface area contributed by atoms with Crippen molar-refractivity contribution in [2.45, 2.75) is 19.4 Å². The molecule has 0 bridgehead atoms. The molecule has 0 saturated carbocycles. The Kier molecular flexibility index (Phi) is 4.23. The van der Waals surface area contributed by atoms with Gasteiger partial charge in [0.25, 0.3) is 0 Å². The maximum absolute atomic E-state index is 11.8. The molecule has 0 aromatic rings. The van der Waals surface area contributed by atoms with E-state index < -0.39 is 0 Å². The summed E-state index contributed by atoms with van der Waals surface area (Å²) >= 11 is 0. The summed E-state index contributed by atoms with van der Waals surface area (Å²) in [5.74, 6) is 0. The van der Waals surface area contributed by atoms with Crippen molar-refractivity contribution in [3.63, 3.8) is 0 Å². The number of amides is 2. The third-order valence-electron chi connectivity index (χ3n) is 3.83. The Labute approximate surface area is 104 Å². The number of likely N-dealkylation sites (N-methyl/N-ethyl adjacent to an activating group) is 1. The minimum Gasteiger partial charge on any atom is -0.323 e. The van der Waals surface area contributed by atoms with E-state index >= 15 is 0 Å². The molecule has 5 nitrogen and oxygen atoms in total. The van der Waals surface area contributed by atoms with E-state index in [4.69, 9.17) is 0 Å². The second-order valence-corrected chi connectivity index (χ2v) is 5.13. The van der Waals surface area contributed by atoms with Gasteiger partial charge in [0.05, 0.1) is 0 Å². The van der Waals surface area contributed by atoms with Crippen molar-refractivity contribution in [3.05, 3.63) is 0 Å². The molecule has 5 heteroatoms. The van der Waals surface area contributed by atoms with E-state index in [9.17, 15) is 4.79 Å². The zero-order valence-electron chi connectivity index (χ0n) is 11.0. The van der Waals surface area contributed by atoms with E-state index in [0.29, 0.717) is 6.04 Å². The van der Waals surface area contributed by atoms with Crippen LogP contribution in [0.4, 0.5) is 4.79 Å². The van der Waals surface area contributed by atoms with Crippen LogP contribution in [-0.4, -0.2) is 79.6 Å². The molecule has 2 amide bonds. The molecule has 2 fully saturated rings. The maximum atomic E-state index is 11.8. The van der Waals surface area contributed by atoms with Crippen LogP contribution < -0.4 is 5.32 Å². The Bertz CT molecular complexity index is 265. The standard InChI is InChI=1S/C12H24N4O/c1-11-10-16(12(17)14(11)2)7-3-6-15-8-4-13-5-9-15/h11,13H,3-10H2,1-2H3. The first-order valence-electron chi connectivity index (χ1n) is 6.63. The smallest absolute Gasteiger partial charge is 0.320 e. The first kappa shape index (κ1) is 12.6. The highest BCUT2D eigenvalue weighted by molar-refractivity contribution is 5.76. The van der Waals surface area contributed by atoms with Gasteiger partial charge in [-0.25, -0.2) is 4.79 Å². The molecule has 98 valence electrons. The molecule has 1 atom stereocenters. The van der Waals surface area contributed by atoms with E-state index in [1.165, 1.54) is 0 Å². The van der Waals surface area contributed by atoms with Crippen LogP contribution in [-0.2, 0) is 0 Å². The first-order valence-corrected chi connectivity index (χ1v) is 6.63. The zero-order chi connectivity index (χ0) is 12.3. The van der Waals surface area contributed by atoms with Crippen LogP contribution in [0.15, 0.2) is 0 Å². The molecular formula is C12H24N4O. The topological polar surface area (TPSA) is 38.8 Å². The third kappa shape index (κ3) is 3.10. The summed E-state index contributed by atoms with van der Waals surface area (Å²) in [4.78, 5) is 18.1. The van der Waals surface area contributed by atoms with Gasteiger partial charge < -0.3 is 20.0 Å². The molecule has 2 aliphatic rings. The Balaban J connectivity index is 1.66. The Morgan fingerprint density at radius 3 is 2.59 bits per heavy atom.